The van der Waals surface area contributed by atoms with Gasteiger partial charge in [-0.15, -0.1) is 0 Å². The Bertz CT molecular complexity index is 494. The van der Waals surface area contributed by atoms with Crippen molar-refractivity contribution >= 4 is 5.91 Å². The molecule has 0 bridgehead atoms. The van der Waals surface area contributed by atoms with Gasteiger partial charge >= 0.3 is 0 Å². The first-order valence-corrected chi connectivity index (χ1v) is 8.29. The second-order valence-corrected chi connectivity index (χ2v) is 6.45. The molecular formula is C18H25NO2. The second-order valence-electron chi connectivity index (χ2n) is 6.45. The average Bonchev–Trinajstić information content (AvgIpc) is 2.86. The zero-order valence-corrected chi connectivity index (χ0v) is 12.8. The number of hydrogen-bond acceptors (Lipinski definition) is 2. The minimum atomic E-state index is -0.367. The van der Waals surface area contributed by atoms with Crippen molar-refractivity contribution in [3.05, 3.63) is 29.8 Å². The van der Waals surface area contributed by atoms with Crippen LogP contribution in [0.2, 0.25) is 0 Å². The van der Waals surface area contributed by atoms with Crippen molar-refractivity contribution < 1.29 is 9.53 Å². The van der Waals surface area contributed by atoms with Crippen LogP contribution in [0, 0.1) is 5.92 Å². The first-order chi connectivity index (χ1) is 10.3. The van der Waals surface area contributed by atoms with Gasteiger partial charge in [0.05, 0.1) is 0 Å². The quantitative estimate of drug-likeness (QED) is 0.918. The van der Waals surface area contributed by atoms with E-state index in [-0.39, 0.29) is 17.9 Å². The van der Waals surface area contributed by atoms with Crippen molar-refractivity contribution in [1.82, 2.24) is 5.32 Å². The number of hydrogen-bond donors (Lipinski definition) is 1. The van der Waals surface area contributed by atoms with Crippen LogP contribution in [0.5, 0.6) is 5.75 Å². The van der Waals surface area contributed by atoms with E-state index in [9.17, 15) is 4.79 Å². The summed E-state index contributed by atoms with van der Waals surface area (Å²) in [6, 6.07) is 7.95. The van der Waals surface area contributed by atoms with Crippen molar-refractivity contribution in [3.63, 3.8) is 0 Å². The highest BCUT2D eigenvalue weighted by molar-refractivity contribution is 5.83. The highest BCUT2D eigenvalue weighted by Crippen LogP contribution is 2.37. The van der Waals surface area contributed by atoms with E-state index >= 15 is 0 Å². The molecule has 2 unspecified atom stereocenters. The van der Waals surface area contributed by atoms with Crippen LogP contribution in [0.25, 0.3) is 0 Å². The van der Waals surface area contributed by atoms with Gasteiger partial charge in [-0.1, -0.05) is 57.2 Å². The molecule has 1 aliphatic carbocycles. The maximum absolute atomic E-state index is 12.3. The summed E-state index contributed by atoms with van der Waals surface area (Å²) in [6.45, 7) is 2.85. The Hall–Kier alpha value is -1.51. The smallest absolute Gasteiger partial charge is 0.261 e. The molecule has 1 N–H and O–H groups in total. The number of para-hydroxylation sites is 1. The summed E-state index contributed by atoms with van der Waals surface area (Å²) in [5.74, 6) is 1.83. The standard InChI is InChI=1S/C18H25NO2/c1-13-15-9-5-6-10-16(15)21-17(13)18(20)19-12-11-14-7-3-2-4-8-14/h5-6,9-10,13-14,17H,2-4,7-8,11-12H2,1H3,(H,19,20). The highest BCUT2D eigenvalue weighted by atomic mass is 16.5. The summed E-state index contributed by atoms with van der Waals surface area (Å²) in [5.41, 5.74) is 1.14. The van der Waals surface area contributed by atoms with Gasteiger partial charge in [0.25, 0.3) is 5.91 Å². The van der Waals surface area contributed by atoms with E-state index in [2.05, 4.69) is 18.3 Å². The number of benzene rings is 1. The monoisotopic (exact) mass is 287 g/mol. The fraction of sp³-hybridized carbons (Fsp3) is 0.611. The predicted octanol–water partition coefficient (Wildman–Crippen LogP) is 3.64. The molecule has 1 saturated carbocycles. The van der Waals surface area contributed by atoms with E-state index in [0.717, 1.165) is 30.2 Å². The molecule has 114 valence electrons. The average molecular weight is 287 g/mol. The summed E-state index contributed by atoms with van der Waals surface area (Å²) in [5, 5.41) is 3.07. The lowest BCUT2D eigenvalue weighted by atomic mass is 9.87. The van der Waals surface area contributed by atoms with Crippen LogP contribution in [0.3, 0.4) is 0 Å². The van der Waals surface area contributed by atoms with Crippen LogP contribution in [0.15, 0.2) is 24.3 Å². The molecule has 0 spiro atoms. The normalized spacial score (nSPS) is 25.2. The molecule has 2 atom stereocenters. The lowest BCUT2D eigenvalue weighted by Gasteiger charge is -2.22. The third-order valence-electron chi connectivity index (χ3n) is 4.95. The molecule has 1 aromatic rings. The van der Waals surface area contributed by atoms with E-state index in [1.165, 1.54) is 32.1 Å². The lowest BCUT2D eigenvalue weighted by Crippen LogP contribution is -2.39. The summed E-state index contributed by atoms with van der Waals surface area (Å²) in [4.78, 5) is 12.3. The van der Waals surface area contributed by atoms with Crippen molar-refractivity contribution in [2.24, 2.45) is 5.92 Å². The van der Waals surface area contributed by atoms with Crippen LogP contribution in [-0.4, -0.2) is 18.6 Å². The fourth-order valence-corrected chi connectivity index (χ4v) is 3.62. The SMILES string of the molecule is CC1c2ccccc2OC1C(=O)NCCC1CCCCC1. The molecule has 3 nitrogen and oxygen atoms in total. The molecule has 1 fully saturated rings. The molecule has 1 aromatic carbocycles. The van der Waals surface area contributed by atoms with Crippen LogP contribution in [0.4, 0.5) is 0 Å². The molecular weight excluding hydrogens is 262 g/mol. The lowest BCUT2D eigenvalue weighted by molar-refractivity contribution is -0.127. The van der Waals surface area contributed by atoms with Crippen molar-refractivity contribution in [1.29, 1.82) is 0 Å². The summed E-state index contributed by atoms with van der Waals surface area (Å²) < 4.78 is 5.81. The van der Waals surface area contributed by atoms with E-state index in [1.54, 1.807) is 0 Å². The van der Waals surface area contributed by atoms with E-state index < -0.39 is 0 Å². The van der Waals surface area contributed by atoms with Crippen molar-refractivity contribution in [2.45, 2.75) is 57.5 Å². The summed E-state index contributed by atoms with van der Waals surface area (Å²) >= 11 is 0. The van der Waals surface area contributed by atoms with E-state index in [1.807, 2.05) is 18.2 Å². The van der Waals surface area contributed by atoms with Gasteiger partial charge in [0.2, 0.25) is 0 Å². The molecule has 0 radical (unpaired) electrons. The number of rotatable bonds is 4. The Kier molecular flexibility index (Phi) is 4.47. The van der Waals surface area contributed by atoms with Crippen molar-refractivity contribution in [2.75, 3.05) is 6.54 Å². The predicted molar refractivity (Wildman–Crippen MR) is 83.5 cm³/mol. The van der Waals surface area contributed by atoms with Gasteiger partial charge in [0.1, 0.15) is 5.75 Å². The Morgan fingerprint density at radius 2 is 2.00 bits per heavy atom. The second kappa shape index (κ2) is 6.50. The summed E-state index contributed by atoms with van der Waals surface area (Å²) in [7, 11) is 0. The maximum atomic E-state index is 12.3. The number of nitrogens with one attached hydrogen (secondary N) is 1. The third kappa shape index (κ3) is 3.22. The third-order valence-corrected chi connectivity index (χ3v) is 4.95. The zero-order chi connectivity index (χ0) is 14.7. The molecule has 1 heterocycles. The molecule has 1 amide bonds. The topological polar surface area (TPSA) is 38.3 Å². The first-order valence-electron chi connectivity index (χ1n) is 8.29. The van der Waals surface area contributed by atoms with Gasteiger partial charge in [-0.25, -0.2) is 0 Å². The molecule has 3 heteroatoms. The minimum Gasteiger partial charge on any atom is -0.480 e. The summed E-state index contributed by atoms with van der Waals surface area (Å²) in [6.07, 6.45) is 7.51. The maximum Gasteiger partial charge on any atom is 0.261 e. The molecule has 2 aliphatic rings. The Morgan fingerprint density at radius 3 is 2.76 bits per heavy atom. The first kappa shape index (κ1) is 14.4. The largest absolute Gasteiger partial charge is 0.480 e. The zero-order valence-electron chi connectivity index (χ0n) is 12.8. The molecule has 1 aliphatic heterocycles. The Balaban J connectivity index is 1.48. The molecule has 0 aromatic heterocycles. The number of carbonyl (C=O) groups is 1. The number of carbonyl (C=O) groups excluding carboxylic acids is 1. The highest BCUT2D eigenvalue weighted by Gasteiger charge is 2.35. The van der Waals surface area contributed by atoms with Crippen molar-refractivity contribution in [3.8, 4) is 5.75 Å². The van der Waals surface area contributed by atoms with Crippen LogP contribution in [0.1, 0.15) is 56.9 Å². The minimum absolute atomic E-state index is 0.0366. The molecule has 0 saturated heterocycles. The number of fused-ring (bicyclic) bond motifs is 1. The van der Waals surface area contributed by atoms with Crippen LogP contribution >= 0.6 is 0 Å². The van der Waals surface area contributed by atoms with Gasteiger partial charge in [-0.05, 0) is 18.4 Å². The number of amides is 1. The van der Waals surface area contributed by atoms with Gasteiger partial charge in [0, 0.05) is 18.0 Å². The van der Waals surface area contributed by atoms with Crippen LogP contribution < -0.4 is 10.1 Å². The Labute approximate surface area is 127 Å². The fourth-order valence-electron chi connectivity index (χ4n) is 3.62. The Morgan fingerprint density at radius 1 is 1.24 bits per heavy atom. The van der Waals surface area contributed by atoms with Gasteiger partial charge in [-0.2, -0.15) is 0 Å². The molecule has 3 rings (SSSR count). The van der Waals surface area contributed by atoms with Gasteiger partial charge in [-0.3, -0.25) is 4.79 Å². The van der Waals surface area contributed by atoms with E-state index in [0.29, 0.717) is 0 Å². The molecule has 21 heavy (non-hydrogen) atoms. The van der Waals surface area contributed by atoms with Gasteiger partial charge in [0.15, 0.2) is 6.10 Å². The number of ether oxygens (including phenoxy) is 1. The van der Waals surface area contributed by atoms with E-state index in [4.69, 9.17) is 4.74 Å². The van der Waals surface area contributed by atoms with Crippen LogP contribution in [-0.2, 0) is 4.79 Å². The van der Waals surface area contributed by atoms with Gasteiger partial charge < -0.3 is 10.1 Å².